The normalized spacial score (nSPS) is 24.2. The zero-order chi connectivity index (χ0) is 14.6. The van der Waals surface area contributed by atoms with Crippen LogP contribution in [0.15, 0.2) is 0 Å². The third kappa shape index (κ3) is 7.56. The van der Waals surface area contributed by atoms with E-state index in [1.165, 1.54) is 12.3 Å². The molecule has 0 aromatic heterocycles. The van der Waals surface area contributed by atoms with Gasteiger partial charge in [0.05, 0.1) is 15.4 Å². The molecular weight excluding hydrogens is 302 g/mol. The maximum Gasteiger partial charge on any atom is 1.00 e. The Bertz CT molecular complexity index is 361. The Morgan fingerprint density at radius 1 is 1.10 bits per heavy atom. The summed E-state index contributed by atoms with van der Waals surface area (Å²) in [5, 5.41) is -0.615. The van der Waals surface area contributed by atoms with E-state index in [2.05, 4.69) is 27.7 Å². The van der Waals surface area contributed by atoms with E-state index >= 15 is 0 Å². The van der Waals surface area contributed by atoms with Crippen molar-refractivity contribution >= 4 is 18.0 Å². The van der Waals surface area contributed by atoms with E-state index in [-0.39, 0.29) is 37.5 Å². The van der Waals surface area contributed by atoms with Crippen LogP contribution in [0.5, 0.6) is 0 Å². The summed E-state index contributed by atoms with van der Waals surface area (Å²) in [5.41, 5.74) is 0.488. The molecule has 0 heterocycles. The van der Waals surface area contributed by atoms with Crippen LogP contribution in [-0.4, -0.2) is 36.2 Å². The number of rotatable bonds is 6. The van der Waals surface area contributed by atoms with Gasteiger partial charge in [-0.3, -0.25) is 0 Å². The summed E-state index contributed by atoms with van der Waals surface area (Å²) in [6, 6.07) is 0. The smallest absolute Gasteiger partial charge is 0.748 e. The quantitative estimate of drug-likeness (QED) is 0.408. The Balaban J connectivity index is 0.00000361. The van der Waals surface area contributed by atoms with E-state index in [9.17, 15) is 13.0 Å². The van der Waals surface area contributed by atoms with Crippen LogP contribution in [0, 0.1) is 11.8 Å². The Kier molecular flexibility index (Phi) is 10.1. The fourth-order valence-electron chi connectivity index (χ4n) is 3.02. The van der Waals surface area contributed by atoms with Crippen molar-refractivity contribution in [1.82, 2.24) is 0 Å². The first-order chi connectivity index (χ1) is 8.70. The van der Waals surface area contributed by atoms with E-state index in [4.69, 9.17) is 0 Å². The van der Waals surface area contributed by atoms with Gasteiger partial charge in [-0.15, -0.1) is 7.92 Å². The van der Waals surface area contributed by atoms with Crippen LogP contribution in [0.2, 0.25) is 0 Å². The molecule has 0 saturated heterocycles. The van der Waals surface area contributed by atoms with E-state index in [0.29, 0.717) is 30.3 Å². The van der Waals surface area contributed by atoms with Crippen molar-refractivity contribution in [3.8, 4) is 0 Å². The predicted octanol–water partition coefficient (Wildman–Crippen LogP) is 0.641. The third-order valence-corrected chi connectivity index (χ3v) is 8.87. The number of hydrogen-bond donors (Lipinski definition) is 0. The first kappa shape index (κ1) is 21.3. The molecule has 0 aromatic carbocycles. The van der Waals surface area contributed by atoms with Gasteiger partial charge in [-0.05, 0) is 49.1 Å². The second-order valence-corrected chi connectivity index (χ2v) is 11.0. The summed E-state index contributed by atoms with van der Waals surface area (Å²) in [6.45, 7) is 8.95. The molecule has 2 unspecified atom stereocenters. The van der Waals surface area contributed by atoms with Gasteiger partial charge in [0.25, 0.3) is 0 Å². The molecule has 0 aromatic rings. The molecule has 1 aliphatic rings. The maximum absolute atomic E-state index is 11.3. The minimum Gasteiger partial charge on any atom is -0.748 e. The van der Waals surface area contributed by atoms with Gasteiger partial charge in [0.1, 0.15) is 0 Å². The third-order valence-electron chi connectivity index (χ3n) is 3.72. The van der Waals surface area contributed by atoms with Gasteiger partial charge in [-0.1, -0.05) is 34.1 Å². The second-order valence-electron chi connectivity index (χ2n) is 6.68. The summed E-state index contributed by atoms with van der Waals surface area (Å²) in [7, 11) is -4.22. The first-order valence-electron chi connectivity index (χ1n) is 7.39. The van der Waals surface area contributed by atoms with Crippen molar-refractivity contribution in [2.75, 3.05) is 12.3 Å². The van der Waals surface area contributed by atoms with Crippen molar-refractivity contribution in [1.29, 1.82) is 0 Å². The van der Waals surface area contributed by atoms with Crippen LogP contribution in [0.4, 0.5) is 0 Å². The van der Waals surface area contributed by atoms with E-state index in [1.54, 1.807) is 0 Å². The molecule has 0 amide bonds. The van der Waals surface area contributed by atoms with Gasteiger partial charge in [0.15, 0.2) is 0 Å². The average Bonchev–Trinajstić information content (AvgIpc) is 2.26. The first-order valence-corrected chi connectivity index (χ1v) is 10.6. The molecule has 1 rings (SSSR count). The topological polar surface area (TPSA) is 57.2 Å². The zero-order valence-electron chi connectivity index (χ0n) is 13.6. The van der Waals surface area contributed by atoms with Crippen LogP contribution in [0.25, 0.3) is 0 Å². The van der Waals surface area contributed by atoms with Crippen LogP contribution < -0.4 is 29.6 Å². The molecule has 2 atom stereocenters. The van der Waals surface area contributed by atoms with Crippen LogP contribution in [-0.2, 0) is 10.1 Å². The van der Waals surface area contributed by atoms with E-state index in [1.807, 2.05) is 0 Å². The van der Waals surface area contributed by atoms with Crippen molar-refractivity contribution in [3.05, 3.63) is 0 Å². The summed E-state index contributed by atoms with van der Waals surface area (Å²) in [5.74, 6) is 1.32. The molecule has 3 nitrogen and oxygen atoms in total. The van der Waals surface area contributed by atoms with Crippen LogP contribution >= 0.6 is 7.92 Å². The molecule has 20 heavy (non-hydrogen) atoms. The van der Waals surface area contributed by atoms with Gasteiger partial charge in [0, 0.05) is 0 Å². The standard InChI is InChI=1S/C14H29O3PS.Na/c1-11(2)9-18(10-12(3)4)13-6-5-7-14(8-13)19(15,16)17;/h11-14H,5-10H2,1-4H3,(H,15,16,17);/q;+1/p-1. The van der Waals surface area contributed by atoms with Gasteiger partial charge in [0.2, 0.25) is 0 Å². The minimum absolute atomic E-state index is 0. The average molecular weight is 330 g/mol. The predicted molar refractivity (Wildman–Crippen MR) is 82.1 cm³/mol. The van der Waals surface area contributed by atoms with Gasteiger partial charge in [-0.25, -0.2) is 8.42 Å². The van der Waals surface area contributed by atoms with E-state index in [0.717, 1.165) is 12.8 Å². The molecule has 114 valence electrons. The maximum atomic E-state index is 11.3. The summed E-state index contributed by atoms with van der Waals surface area (Å²) >= 11 is 0. The van der Waals surface area contributed by atoms with Crippen LogP contribution in [0.3, 0.4) is 0 Å². The van der Waals surface area contributed by atoms with Crippen molar-refractivity contribution in [2.24, 2.45) is 11.8 Å². The van der Waals surface area contributed by atoms with E-state index < -0.39 is 15.4 Å². The molecule has 0 spiro atoms. The monoisotopic (exact) mass is 330 g/mol. The van der Waals surface area contributed by atoms with Gasteiger partial charge < -0.3 is 4.55 Å². The Morgan fingerprint density at radius 3 is 2.00 bits per heavy atom. The zero-order valence-corrected chi connectivity index (χ0v) is 17.3. The van der Waals surface area contributed by atoms with Gasteiger partial charge in [-0.2, -0.15) is 0 Å². The van der Waals surface area contributed by atoms with Crippen molar-refractivity contribution in [2.45, 2.75) is 64.3 Å². The second kappa shape index (κ2) is 9.47. The molecule has 1 saturated carbocycles. The SMILES string of the molecule is CC(C)CP(CC(C)C)C1CCCC(S(=O)(=O)[O-])C1.[Na+]. The molecule has 1 fully saturated rings. The summed E-state index contributed by atoms with van der Waals surface area (Å²) in [6.07, 6.45) is 5.66. The van der Waals surface area contributed by atoms with Crippen molar-refractivity contribution < 1.29 is 42.5 Å². The fourth-order valence-corrected chi connectivity index (χ4v) is 7.81. The number of hydrogen-bond acceptors (Lipinski definition) is 3. The molecule has 0 aliphatic heterocycles. The minimum atomic E-state index is -4.09. The van der Waals surface area contributed by atoms with Gasteiger partial charge >= 0.3 is 29.6 Å². The molecule has 6 heteroatoms. The molecule has 0 radical (unpaired) electrons. The Morgan fingerprint density at radius 2 is 1.60 bits per heavy atom. The van der Waals surface area contributed by atoms with Crippen molar-refractivity contribution in [3.63, 3.8) is 0 Å². The summed E-state index contributed by atoms with van der Waals surface area (Å²) < 4.78 is 33.8. The molecule has 0 N–H and O–H groups in total. The molecule has 0 bridgehead atoms. The molecule has 1 aliphatic carbocycles. The Labute approximate surface area is 148 Å². The largest absolute Gasteiger partial charge is 1.00 e. The molecular formula is C14H28NaO3PS. The summed E-state index contributed by atoms with van der Waals surface area (Å²) in [4.78, 5) is 0. The Hall–Kier alpha value is 1.34. The van der Waals surface area contributed by atoms with Crippen LogP contribution in [0.1, 0.15) is 53.4 Å². The fraction of sp³-hybridized carbons (Fsp3) is 1.00.